The molecule has 2 heteroatoms. The third-order valence-electron chi connectivity index (χ3n) is 4.52. The number of rotatable bonds is 0. The normalized spacial score (nSPS) is 63.0. The summed E-state index contributed by atoms with van der Waals surface area (Å²) in [6.07, 6.45) is 2.25. The lowest BCUT2D eigenvalue weighted by atomic mass is 9.79. The van der Waals surface area contributed by atoms with E-state index >= 15 is 0 Å². The fraction of sp³-hybridized carbons (Fsp3) is 1.00. The Balaban J connectivity index is 2.12. The number of fused-ring (bicyclic) bond motifs is 1. The molecule has 1 heterocycles. The highest BCUT2D eigenvalue weighted by Crippen LogP contribution is 2.66. The molecule has 11 heavy (non-hydrogen) atoms. The lowest BCUT2D eigenvalue weighted by Crippen LogP contribution is -2.38. The van der Waals surface area contributed by atoms with E-state index in [1.807, 2.05) is 0 Å². The molecule has 0 amide bonds. The molecule has 62 valence electrons. The van der Waals surface area contributed by atoms with Crippen molar-refractivity contribution in [2.24, 2.45) is 11.3 Å². The largest absolute Gasteiger partial charge is 0.391 e. The van der Waals surface area contributed by atoms with Crippen LogP contribution in [0.5, 0.6) is 0 Å². The van der Waals surface area contributed by atoms with Crippen molar-refractivity contribution in [1.29, 1.82) is 0 Å². The minimum atomic E-state index is -0.0683. The summed E-state index contributed by atoms with van der Waals surface area (Å²) >= 11 is 0. The molecule has 1 aliphatic heterocycles. The zero-order valence-corrected chi connectivity index (χ0v) is 7.09. The topological polar surface area (TPSA) is 42.2 Å². The van der Waals surface area contributed by atoms with Crippen LogP contribution in [0.4, 0.5) is 0 Å². The standard InChI is InChI=1S/C9H15NO/c1-8(2)5-3-6-9(8,10-6)7(11)4-5/h5-7,10-11H,3-4H2,1-2H3. The van der Waals surface area contributed by atoms with Crippen LogP contribution in [0.15, 0.2) is 0 Å². The quantitative estimate of drug-likeness (QED) is 0.498. The fourth-order valence-electron chi connectivity index (χ4n) is 3.65. The SMILES string of the molecule is CC1(C)C2CC(O)C13NC3C2. The van der Waals surface area contributed by atoms with Crippen molar-refractivity contribution in [3.63, 3.8) is 0 Å². The molecule has 0 aromatic carbocycles. The molecule has 2 bridgehead atoms. The molecule has 4 unspecified atom stereocenters. The van der Waals surface area contributed by atoms with E-state index in [2.05, 4.69) is 19.2 Å². The van der Waals surface area contributed by atoms with Gasteiger partial charge in [-0.3, -0.25) is 0 Å². The molecule has 0 radical (unpaired) electrons. The molecular weight excluding hydrogens is 138 g/mol. The first-order valence-corrected chi connectivity index (χ1v) is 4.55. The van der Waals surface area contributed by atoms with Gasteiger partial charge in [0, 0.05) is 6.04 Å². The molecule has 4 atom stereocenters. The van der Waals surface area contributed by atoms with Crippen molar-refractivity contribution in [1.82, 2.24) is 5.32 Å². The average Bonchev–Trinajstić information content (AvgIpc) is 2.55. The highest BCUT2D eigenvalue weighted by Gasteiger charge is 2.77. The van der Waals surface area contributed by atoms with Crippen LogP contribution in [-0.2, 0) is 0 Å². The summed E-state index contributed by atoms with van der Waals surface area (Å²) in [5, 5.41) is 13.3. The molecular formula is C9H15NO. The lowest BCUT2D eigenvalue weighted by Gasteiger charge is -2.27. The molecule has 2 nitrogen and oxygen atoms in total. The number of hydrogen-bond donors (Lipinski definition) is 2. The second-order valence-corrected chi connectivity index (χ2v) is 4.97. The Morgan fingerprint density at radius 1 is 1.36 bits per heavy atom. The summed E-state index contributed by atoms with van der Waals surface area (Å²) in [7, 11) is 0. The van der Waals surface area contributed by atoms with Crippen LogP contribution < -0.4 is 5.32 Å². The number of piperidine rings is 1. The van der Waals surface area contributed by atoms with Gasteiger partial charge in [-0.2, -0.15) is 0 Å². The Labute approximate surface area is 67.0 Å². The maximum Gasteiger partial charge on any atom is 0.0745 e. The Kier molecular flexibility index (Phi) is 0.807. The van der Waals surface area contributed by atoms with Crippen molar-refractivity contribution in [3.05, 3.63) is 0 Å². The molecule has 2 N–H and O–H groups in total. The smallest absolute Gasteiger partial charge is 0.0745 e. The number of nitrogens with one attached hydrogen (secondary N) is 1. The molecule has 3 aliphatic rings. The van der Waals surface area contributed by atoms with Gasteiger partial charge in [0.25, 0.3) is 0 Å². The van der Waals surface area contributed by atoms with Crippen LogP contribution in [0.3, 0.4) is 0 Å². The maximum atomic E-state index is 9.79. The van der Waals surface area contributed by atoms with Crippen molar-refractivity contribution in [2.75, 3.05) is 0 Å². The highest BCUT2D eigenvalue weighted by atomic mass is 16.3. The van der Waals surface area contributed by atoms with Gasteiger partial charge in [-0.15, -0.1) is 0 Å². The fourth-order valence-corrected chi connectivity index (χ4v) is 3.65. The van der Waals surface area contributed by atoms with Crippen LogP contribution >= 0.6 is 0 Å². The van der Waals surface area contributed by atoms with Crippen LogP contribution in [-0.4, -0.2) is 22.8 Å². The summed E-state index contributed by atoms with van der Waals surface area (Å²) in [5.41, 5.74) is 0.481. The van der Waals surface area contributed by atoms with E-state index in [1.165, 1.54) is 6.42 Å². The zero-order valence-electron chi connectivity index (χ0n) is 7.09. The zero-order chi connectivity index (χ0) is 7.85. The van der Waals surface area contributed by atoms with Crippen molar-refractivity contribution in [3.8, 4) is 0 Å². The first-order valence-electron chi connectivity index (χ1n) is 4.55. The van der Waals surface area contributed by atoms with Crippen LogP contribution in [0, 0.1) is 11.3 Å². The van der Waals surface area contributed by atoms with Crippen molar-refractivity contribution >= 4 is 0 Å². The minimum absolute atomic E-state index is 0.0683. The molecule has 3 rings (SSSR count). The van der Waals surface area contributed by atoms with Gasteiger partial charge in [0.2, 0.25) is 0 Å². The van der Waals surface area contributed by atoms with Crippen LogP contribution in [0.1, 0.15) is 26.7 Å². The van der Waals surface area contributed by atoms with Gasteiger partial charge in [0.05, 0.1) is 11.6 Å². The molecule has 3 fully saturated rings. The van der Waals surface area contributed by atoms with Gasteiger partial charge in [0.1, 0.15) is 0 Å². The van der Waals surface area contributed by atoms with E-state index in [9.17, 15) is 5.11 Å². The first kappa shape index (κ1) is 6.44. The Bertz CT molecular complexity index is 226. The molecule has 2 aliphatic carbocycles. The van der Waals surface area contributed by atoms with Gasteiger partial charge in [-0.05, 0) is 24.2 Å². The second-order valence-electron chi connectivity index (χ2n) is 4.97. The van der Waals surface area contributed by atoms with Crippen molar-refractivity contribution < 1.29 is 5.11 Å². The minimum Gasteiger partial charge on any atom is -0.391 e. The van der Waals surface area contributed by atoms with Gasteiger partial charge in [-0.25, -0.2) is 0 Å². The summed E-state index contributed by atoms with van der Waals surface area (Å²) < 4.78 is 0. The van der Waals surface area contributed by atoms with E-state index in [1.54, 1.807) is 0 Å². The van der Waals surface area contributed by atoms with Crippen LogP contribution in [0.2, 0.25) is 0 Å². The number of aliphatic hydroxyl groups excluding tert-OH is 1. The van der Waals surface area contributed by atoms with Crippen molar-refractivity contribution in [2.45, 2.75) is 44.4 Å². The van der Waals surface area contributed by atoms with Crippen LogP contribution in [0.25, 0.3) is 0 Å². The number of aliphatic hydroxyl groups is 1. The lowest BCUT2D eigenvalue weighted by molar-refractivity contribution is 0.120. The first-order chi connectivity index (χ1) is 5.09. The second kappa shape index (κ2) is 1.38. The van der Waals surface area contributed by atoms with E-state index in [0.717, 1.165) is 12.3 Å². The molecule has 2 saturated carbocycles. The Morgan fingerprint density at radius 2 is 2.09 bits per heavy atom. The monoisotopic (exact) mass is 153 g/mol. The van der Waals surface area contributed by atoms with E-state index < -0.39 is 0 Å². The summed E-state index contributed by atoms with van der Waals surface area (Å²) in [6.45, 7) is 4.60. The molecule has 0 aromatic rings. The maximum absolute atomic E-state index is 9.79. The van der Waals surface area contributed by atoms with Gasteiger partial charge in [0.15, 0.2) is 0 Å². The predicted octanol–water partition coefficient (Wildman–Crippen LogP) is 0.508. The molecule has 1 spiro atoms. The number of hydrogen-bond acceptors (Lipinski definition) is 2. The van der Waals surface area contributed by atoms with Gasteiger partial charge < -0.3 is 10.4 Å². The summed E-state index contributed by atoms with van der Waals surface area (Å²) in [6, 6.07) is 0.645. The van der Waals surface area contributed by atoms with E-state index in [4.69, 9.17) is 0 Å². The third kappa shape index (κ3) is 0.433. The predicted molar refractivity (Wildman–Crippen MR) is 42.2 cm³/mol. The third-order valence-corrected chi connectivity index (χ3v) is 4.52. The van der Waals surface area contributed by atoms with Gasteiger partial charge in [-0.1, -0.05) is 13.8 Å². The Morgan fingerprint density at radius 3 is 2.45 bits per heavy atom. The van der Waals surface area contributed by atoms with E-state index in [-0.39, 0.29) is 11.6 Å². The average molecular weight is 153 g/mol. The highest BCUT2D eigenvalue weighted by molar-refractivity contribution is 5.35. The molecule has 0 aromatic heterocycles. The Hall–Kier alpha value is -0.0800. The summed E-state index contributed by atoms with van der Waals surface area (Å²) in [4.78, 5) is 0. The van der Waals surface area contributed by atoms with E-state index in [0.29, 0.717) is 11.5 Å². The molecule has 1 saturated heterocycles. The summed E-state index contributed by atoms with van der Waals surface area (Å²) in [5.74, 6) is 0.767. The van der Waals surface area contributed by atoms with Gasteiger partial charge >= 0.3 is 0 Å².